The van der Waals surface area contributed by atoms with Crippen LogP contribution in [0.1, 0.15) is 46.5 Å². The Morgan fingerprint density at radius 1 is 1.24 bits per heavy atom. The molecule has 0 spiro atoms. The van der Waals surface area contributed by atoms with Crippen molar-refractivity contribution in [2.75, 3.05) is 33.7 Å². The van der Waals surface area contributed by atoms with Crippen LogP contribution in [0.4, 0.5) is 0 Å². The van der Waals surface area contributed by atoms with Crippen molar-refractivity contribution >= 4 is 0 Å². The van der Waals surface area contributed by atoms with Gasteiger partial charge in [-0.05, 0) is 59.2 Å². The van der Waals surface area contributed by atoms with E-state index in [2.05, 4.69) is 10.2 Å². The molecule has 0 aromatic heterocycles. The Kier molecular flexibility index (Phi) is 10.4. The first-order chi connectivity index (χ1) is 9.74. The first-order valence-corrected chi connectivity index (χ1v) is 8.15. The fourth-order valence-corrected chi connectivity index (χ4v) is 2.55. The van der Waals surface area contributed by atoms with E-state index < -0.39 is 11.7 Å². The van der Waals surface area contributed by atoms with Gasteiger partial charge in [-0.2, -0.15) is 0 Å². The largest absolute Gasteiger partial charge is 0.393 e. The Balaban J connectivity index is 3.96. The standard InChI is InChI=1S/C16H36N2O3/c1-6-16(21,12-17-4)8-7-9-18(5)11-15(20)10-13(2)14(3)19/h13-15,17,19-21H,6-12H2,1-5H3. The van der Waals surface area contributed by atoms with E-state index >= 15 is 0 Å². The van der Waals surface area contributed by atoms with E-state index in [1.807, 2.05) is 27.9 Å². The Labute approximate surface area is 130 Å². The average Bonchev–Trinajstić information content (AvgIpc) is 2.38. The van der Waals surface area contributed by atoms with E-state index in [9.17, 15) is 15.3 Å². The van der Waals surface area contributed by atoms with Gasteiger partial charge in [0, 0.05) is 13.1 Å². The predicted octanol–water partition coefficient (Wildman–Crippen LogP) is 0.827. The minimum Gasteiger partial charge on any atom is -0.393 e. The van der Waals surface area contributed by atoms with Crippen LogP contribution in [-0.2, 0) is 0 Å². The highest BCUT2D eigenvalue weighted by Gasteiger charge is 2.23. The summed E-state index contributed by atoms with van der Waals surface area (Å²) >= 11 is 0. The Morgan fingerprint density at radius 3 is 2.33 bits per heavy atom. The van der Waals surface area contributed by atoms with Crippen LogP contribution in [0.25, 0.3) is 0 Å². The summed E-state index contributed by atoms with van der Waals surface area (Å²) < 4.78 is 0. The number of hydrogen-bond acceptors (Lipinski definition) is 5. The molecule has 0 radical (unpaired) electrons. The third-order valence-electron chi connectivity index (χ3n) is 4.34. The van der Waals surface area contributed by atoms with Gasteiger partial charge < -0.3 is 25.5 Å². The van der Waals surface area contributed by atoms with E-state index in [1.54, 1.807) is 6.92 Å². The van der Waals surface area contributed by atoms with Gasteiger partial charge in [0.25, 0.3) is 0 Å². The lowest BCUT2D eigenvalue weighted by molar-refractivity contribution is 0.0233. The van der Waals surface area contributed by atoms with Crippen LogP contribution in [0, 0.1) is 5.92 Å². The lowest BCUT2D eigenvalue weighted by atomic mass is 9.94. The second-order valence-corrected chi connectivity index (χ2v) is 6.58. The quantitative estimate of drug-likeness (QED) is 0.430. The molecular weight excluding hydrogens is 268 g/mol. The van der Waals surface area contributed by atoms with Crippen LogP contribution in [0.2, 0.25) is 0 Å². The average molecular weight is 304 g/mol. The molecule has 4 atom stereocenters. The summed E-state index contributed by atoms with van der Waals surface area (Å²) in [6, 6.07) is 0. The van der Waals surface area contributed by atoms with Crippen molar-refractivity contribution in [2.45, 2.75) is 64.3 Å². The van der Waals surface area contributed by atoms with Gasteiger partial charge >= 0.3 is 0 Å². The summed E-state index contributed by atoms with van der Waals surface area (Å²) in [6.07, 6.45) is 2.22. The Hall–Kier alpha value is -0.200. The van der Waals surface area contributed by atoms with E-state index in [0.29, 0.717) is 19.5 Å². The molecule has 0 saturated carbocycles. The number of aliphatic hydroxyl groups is 3. The number of likely N-dealkylation sites (N-methyl/N-ethyl adjacent to an activating group) is 2. The molecule has 0 saturated heterocycles. The van der Waals surface area contributed by atoms with Crippen molar-refractivity contribution in [1.29, 1.82) is 0 Å². The van der Waals surface area contributed by atoms with Crippen LogP contribution < -0.4 is 5.32 Å². The predicted molar refractivity (Wildman–Crippen MR) is 87.4 cm³/mol. The zero-order valence-electron chi connectivity index (χ0n) is 14.5. The molecular formula is C16H36N2O3. The maximum Gasteiger partial charge on any atom is 0.0769 e. The molecule has 0 aromatic rings. The van der Waals surface area contributed by atoms with E-state index in [-0.39, 0.29) is 12.0 Å². The minimum absolute atomic E-state index is 0.106. The van der Waals surface area contributed by atoms with Crippen molar-refractivity contribution in [3.05, 3.63) is 0 Å². The molecule has 4 unspecified atom stereocenters. The molecule has 0 heterocycles. The second-order valence-electron chi connectivity index (χ2n) is 6.58. The molecule has 21 heavy (non-hydrogen) atoms. The molecule has 0 aliphatic rings. The molecule has 5 nitrogen and oxygen atoms in total. The fourth-order valence-electron chi connectivity index (χ4n) is 2.55. The first-order valence-electron chi connectivity index (χ1n) is 8.15. The number of aliphatic hydroxyl groups excluding tert-OH is 2. The van der Waals surface area contributed by atoms with Crippen molar-refractivity contribution in [1.82, 2.24) is 10.2 Å². The normalized spacial score (nSPS) is 19.3. The molecule has 0 rings (SSSR count). The van der Waals surface area contributed by atoms with Gasteiger partial charge in [0.15, 0.2) is 0 Å². The lowest BCUT2D eigenvalue weighted by Gasteiger charge is -2.28. The van der Waals surface area contributed by atoms with E-state index in [0.717, 1.165) is 25.8 Å². The zero-order valence-corrected chi connectivity index (χ0v) is 14.5. The molecule has 0 aromatic carbocycles. The molecule has 0 bridgehead atoms. The summed E-state index contributed by atoms with van der Waals surface area (Å²) in [7, 11) is 3.84. The monoisotopic (exact) mass is 304 g/mol. The first kappa shape index (κ1) is 20.8. The maximum atomic E-state index is 10.3. The Bertz CT molecular complexity index is 264. The van der Waals surface area contributed by atoms with Gasteiger partial charge in [-0.15, -0.1) is 0 Å². The van der Waals surface area contributed by atoms with Crippen LogP contribution in [0.15, 0.2) is 0 Å². The highest BCUT2D eigenvalue weighted by atomic mass is 16.3. The van der Waals surface area contributed by atoms with Gasteiger partial charge in [0.2, 0.25) is 0 Å². The molecule has 4 N–H and O–H groups in total. The van der Waals surface area contributed by atoms with Crippen molar-refractivity contribution in [3.63, 3.8) is 0 Å². The smallest absolute Gasteiger partial charge is 0.0769 e. The summed E-state index contributed by atoms with van der Waals surface area (Å²) in [4.78, 5) is 2.09. The number of rotatable bonds is 12. The maximum absolute atomic E-state index is 10.3. The van der Waals surface area contributed by atoms with Crippen molar-refractivity contribution in [2.24, 2.45) is 5.92 Å². The van der Waals surface area contributed by atoms with Crippen LogP contribution in [0.3, 0.4) is 0 Å². The van der Waals surface area contributed by atoms with Crippen LogP contribution >= 0.6 is 0 Å². The van der Waals surface area contributed by atoms with Gasteiger partial charge in [-0.25, -0.2) is 0 Å². The number of nitrogens with zero attached hydrogens (tertiary/aromatic N) is 1. The molecule has 0 aliphatic carbocycles. The minimum atomic E-state index is -0.630. The van der Waals surface area contributed by atoms with Gasteiger partial charge in [0.1, 0.15) is 0 Å². The summed E-state index contributed by atoms with van der Waals surface area (Å²) in [5, 5.41) is 32.8. The van der Waals surface area contributed by atoms with Crippen LogP contribution in [0.5, 0.6) is 0 Å². The second kappa shape index (κ2) is 10.5. The topological polar surface area (TPSA) is 76.0 Å². The molecule has 0 amide bonds. The van der Waals surface area contributed by atoms with E-state index in [1.165, 1.54) is 0 Å². The SMILES string of the molecule is CCC(O)(CCCN(C)CC(O)CC(C)C(C)O)CNC. The van der Waals surface area contributed by atoms with Gasteiger partial charge in [-0.3, -0.25) is 0 Å². The molecule has 5 heteroatoms. The number of nitrogens with one attached hydrogen (secondary N) is 1. The third-order valence-corrected chi connectivity index (χ3v) is 4.34. The van der Waals surface area contributed by atoms with Crippen molar-refractivity contribution in [3.8, 4) is 0 Å². The third kappa shape index (κ3) is 9.42. The van der Waals surface area contributed by atoms with E-state index in [4.69, 9.17) is 0 Å². The summed E-state index contributed by atoms with van der Waals surface area (Å²) in [5.41, 5.74) is -0.630. The van der Waals surface area contributed by atoms with Crippen LogP contribution in [-0.4, -0.2) is 71.8 Å². The summed E-state index contributed by atoms with van der Waals surface area (Å²) in [6.45, 7) is 7.78. The zero-order chi connectivity index (χ0) is 16.5. The van der Waals surface area contributed by atoms with Gasteiger partial charge in [-0.1, -0.05) is 13.8 Å². The molecule has 0 fully saturated rings. The highest BCUT2D eigenvalue weighted by molar-refractivity contribution is 4.79. The summed E-state index contributed by atoms with van der Waals surface area (Å²) in [5.74, 6) is 0.106. The number of hydrogen-bond donors (Lipinski definition) is 4. The molecule has 0 aliphatic heterocycles. The fraction of sp³-hybridized carbons (Fsp3) is 1.00. The lowest BCUT2D eigenvalue weighted by Crippen LogP contribution is -2.39. The Morgan fingerprint density at radius 2 is 1.86 bits per heavy atom. The molecule has 128 valence electrons. The van der Waals surface area contributed by atoms with Crippen molar-refractivity contribution < 1.29 is 15.3 Å². The highest BCUT2D eigenvalue weighted by Crippen LogP contribution is 2.17. The van der Waals surface area contributed by atoms with Gasteiger partial charge in [0.05, 0.1) is 17.8 Å².